The normalized spacial score (nSPS) is 12.8. The van der Waals surface area contributed by atoms with Crippen LogP contribution in [0.25, 0.3) is 0 Å². The van der Waals surface area contributed by atoms with Crippen molar-refractivity contribution in [3.8, 4) is 5.75 Å². The van der Waals surface area contributed by atoms with Crippen molar-refractivity contribution in [2.24, 2.45) is 5.92 Å². The zero-order valence-electron chi connectivity index (χ0n) is 11.0. The van der Waals surface area contributed by atoms with Crippen LogP contribution in [0.4, 0.5) is 0 Å². The van der Waals surface area contributed by atoms with Gasteiger partial charge < -0.3 is 4.74 Å². The van der Waals surface area contributed by atoms with E-state index in [1.807, 2.05) is 0 Å². The first-order valence-electron chi connectivity index (χ1n) is 6.36. The fourth-order valence-corrected chi connectivity index (χ4v) is 1.96. The molecule has 0 bridgehead atoms. The predicted octanol–water partition coefficient (Wildman–Crippen LogP) is 4.63. The van der Waals surface area contributed by atoms with Crippen LogP contribution in [0.2, 0.25) is 0 Å². The van der Waals surface area contributed by atoms with E-state index in [2.05, 4.69) is 52.0 Å². The summed E-state index contributed by atoms with van der Waals surface area (Å²) in [6.07, 6.45) is 2.31. The van der Waals surface area contributed by atoms with Crippen LogP contribution >= 0.6 is 0 Å². The van der Waals surface area contributed by atoms with Crippen LogP contribution in [0.5, 0.6) is 5.75 Å². The fraction of sp³-hybridized carbons (Fsp3) is 0.600. The van der Waals surface area contributed by atoms with Crippen LogP contribution in [0.15, 0.2) is 24.3 Å². The maximum Gasteiger partial charge on any atom is 0.119 e. The number of rotatable bonds is 6. The van der Waals surface area contributed by atoms with Crippen molar-refractivity contribution in [1.82, 2.24) is 0 Å². The summed E-state index contributed by atoms with van der Waals surface area (Å²) in [5.74, 6) is 2.38. The Kier molecular flexibility index (Phi) is 5.37. The van der Waals surface area contributed by atoms with Crippen LogP contribution < -0.4 is 4.74 Å². The minimum atomic E-state index is 0.639. The van der Waals surface area contributed by atoms with Crippen LogP contribution in [0, 0.1) is 5.92 Å². The Bertz CT molecular complexity index is 287. The molecule has 0 aliphatic rings. The predicted molar refractivity (Wildman–Crippen MR) is 70.1 cm³/mol. The van der Waals surface area contributed by atoms with Crippen molar-refractivity contribution >= 4 is 0 Å². The monoisotopic (exact) mass is 220 g/mol. The van der Waals surface area contributed by atoms with E-state index < -0.39 is 0 Å². The first kappa shape index (κ1) is 13.1. The van der Waals surface area contributed by atoms with Crippen molar-refractivity contribution in [1.29, 1.82) is 0 Å². The molecule has 0 radical (unpaired) electrons. The molecule has 0 aliphatic carbocycles. The number of hydrogen-bond acceptors (Lipinski definition) is 1. The van der Waals surface area contributed by atoms with Gasteiger partial charge in [0.25, 0.3) is 0 Å². The molecule has 0 saturated carbocycles. The molecule has 0 heterocycles. The molecule has 0 spiro atoms. The second-order valence-corrected chi connectivity index (χ2v) is 4.95. The number of hydrogen-bond donors (Lipinski definition) is 0. The molecule has 16 heavy (non-hydrogen) atoms. The van der Waals surface area contributed by atoms with Gasteiger partial charge in [0.1, 0.15) is 5.75 Å². The Morgan fingerprint density at radius 2 is 1.69 bits per heavy atom. The van der Waals surface area contributed by atoms with Gasteiger partial charge in [-0.2, -0.15) is 0 Å². The fourth-order valence-electron chi connectivity index (χ4n) is 1.96. The Hall–Kier alpha value is -0.980. The van der Waals surface area contributed by atoms with Crippen LogP contribution in [0.1, 0.15) is 52.0 Å². The third kappa shape index (κ3) is 4.26. The van der Waals surface area contributed by atoms with Gasteiger partial charge in [-0.05, 0) is 42.4 Å². The van der Waals surface area contributed by atoms with E-state index in [4.69, 9.17) is 4.74 Å². The molecule has 1 nitrogen and oxygen atoms in total. The first-order chi connectivity index (χ1) is 7.63. The minimum absolute atomic E-state index is 0.639. The number of ether oxygens (including phenoxy) is 1. The van der Waals surface area contributed by atoms with E-state index in [9.17, 15) is 0 Å². The summed E-state index contributed by atoms with van der Waals surface area (Å²) in [6, 6.07) is 8.56. The van der Waals surface area contributed by atoms with Gasteiger partial charge in [0.2, 0.25) is 0 Å². The quantitative estimate of drug-likeness (QED) is 0.679. The van der Waals surface area contributed by atoms with Gasteiger partial charge >= 0.3 is 0 Å². The van der Waals surface area contributed by atoms with Gasteiger partial charge in [0, 0.05) is 0 Å². The summed E-state index contributed by atoms with van der Waals surface area (Å²) >= 11 is 0. The lowest BCUT2D eigenvalue weighted by molar-refractivity contribution is 0.317. The largest absolute Gasteiger partial charge is 0.494 e. The molecule has 1 aromatic carbocycles. The first-order valence-corrected chi connectivity index (χ1v) is 6.36. The summed E-state index contributed by atoms with van der Waals surface area (Å²) in [7, 11) is 0. The molecule has 90 valence electrons. The molecule has 1 heteroatoms. The average Bonchev–Trinajstić information content (AvgIpc) is 2.26. The van der Waals surface area contributed by atoms with Crippen molar-refractivity contribution in [2.45, 2.75) is 46.5 Å². The van der Waals surface area contributed by atoms with Gasteiger partial charge in [0.05, 0.1) is 6.61 Å². The van der Waals surface area contributed by atoms with E-state index in [1.165, 1.54) is 12.0 Å². The molecule has 0 aliphatic heterocycles. The van der Waals surface area contributed by atoms with Gasteiger partial charge in [-0.1, -0.05) is 39.8 Å². The molecule has 1 atom stereocenters. The molecule has 1 aromatic rings. The van der Waals surface area contributed by atoms with Crippen LogP contribution in [-0.2, 0) is 0 Å². The lowest BCUT2D eigenvalue weighted by Gasteiger charge is -2.14. The van der Waals surface area contributed by atoms with Crippen molar-refractivity contribution in [2.75, 3.05) is 6.61 Å². The summed E-state index contributed by atoms with van der Waals surface area (Å²) < 4.78 is 5.57. The molecular weight excluding hydrogens is 196 g/mol. The van der Waals surface area contributed by atoms with E-state index in [1.54, 1.807) is 0 Å². The molecular formula is C15H24O. The highest BCUT2D eigenvalue weighted by Crippen LogP contribution is 2.24. The van der Waals surface area contributed by atoms with Gasteiger partial charge in [-0.25, -0.2) is 0 Å². The lowest BCUT2D eigenvalue weighted by Crippen LogP contribution is -1.99. The number of benzene rings is 1. The third-order valence-electron chi connectivity index (χ3n) is 2.75. The second kappa shape index (κ2) is 6.57. The zero-order chi connectivity index (χ0) is 12.0. The molecule has 0 aromatic heterocycles. The summed E-state index contributed by atoms with van der Waals surface area (Å²) in [4.78, 5) is 0. The smallest absolute Gasteiger partial charge is 0.119 e. The second-order valence-electron chi connectivity index (χ2n) is 4.95. The van der Waals surface area contributed by atoms with Gasteiger partial charge in [-0.3, -0.25) is 0 Å². The standard InChI is InChI=1S/C15H24O/c1-5-10-16-15-8-6-14(7-9-15)13(4)11-12(2)3/h6-9,12-13H,5,10-11H2,1-4H3. The summed E-state index contributed by atoms with van der Waals surface area (Å²) in [5.41, 5.74) is 1.41. The molecule has 0 amide bonds. The summed E-state index contributed by atoms with van der Waals surface area (Å²) in [5, 5.41) is 0. The van der Waals surface area contributed by atoms with Gasteiger partial charge in [0.15, 0.2) is 0 Å². The highest BCUT2D eigenvalue weighted by atomic mass is 16.5. The highest BCUT2D eigenvalue weighted by molar-refractivity contribution is 5.29. The lowest BCUT2D eigenvalue weighted by atomic mass is 9.92. The SMILES string of the molecule is CCCOc1ccc(C(C)CC(C)C)cc1. The Balaban J connectivity index is 2.56. The van der Waals surface area contributed by atoms with Crippen molar-refractivity contribution in [3.63, 3.8) is 0 Å². The topological polar surface area (TPSA) is 9.23 Å². The molecule has 0 N–H and O–H groups in total. The summed E-state index contributed by atoms with van der Waals surface area (Å²) in [6.45, 7) is 9.77. The van der Waals surface area contributed by atoms with Crippen molar-refractivity contribution < 1.29 is 4.74 Å². The maximum atomic E-state index is 5.57. The Morgan fingerprint density at radius 3 is 2.19 bits per heavy atom. The van der Waals surface area contributed by atoms with Crippen LogP contribution in [0.3, 0.4) is 0 Å². The highest BCUT2D eigenvalue weighted by Gasteiger charge is 2.07. The van der Waals surface area contributed by atoms with E-state index in [0.29, 0.717) is 5.92 Å². The molecule has 1 unspecified atom stereocenters. The van der Waals surface area contributed by atoms with Crippen LogP contribution in [-0.4, -0.2) is 6.61 Å². The average molecular weight is 220 g/mol. The van der Waals surface area contributed by atoms with Crippen molar-refractivity contribution in [3.05, 3.63) is 29.8 Å². The minimum Gasteiger partial charge on any atom is -0.494 e. The van der Waals surface area contributed by atoms with E-state index in [-0.39, 0.29) is 0 Å². The Labute approximate surface area is 99.8 Å². The maximum absolute atomic E-state index is 5.57. The molecule has 1 rings (SSSR count). The van der Waals surface area contributed by atoms with E-state index >= 15 is 0 Å². The van der Waals surface area contributed by atoms with Gasteiger partial charge in [-0.15, -0.1) is 0 Å². The molecule has 0 fully saturated rings. The molecule has 0 saturated heterocycles. The zero-order valence-corrected chi connectivity index (χ0v) is 11.0. The van der Waals surface area contributed by atoms with E-state index in [0.717, 1.165) is 24.7 Å². The Morgan fingerprint density at radius 1 is 1.06 bits per heavy atom. The third-order valence-corrected chi connectivity index (χ3v) is 2.75.